The molecule has 700 valence electrons. The number of amides is 3. The molecule has 5 aliphatic heterocycles. The lowest BCUT2D eigenvalue weighted by atomic mass is 9.92. The molecule has 0 radical (unpaired) electrons. The number of carbonyl (C=O) groups is 3. The van der Waals surface area contributed by atoms with Crippen LogP contribution in [0.3, 0.4) is 0 Å². The first kappa shape index (κ1) is 105. The number of rotatable bonds is 63. The van der Waals surface area contributed by atoms with Gasteiger partial charge in [-0.1, -0.05) is 38.5 Å². The van der Waals surface area contributed by atoms with Crippen molar-refractivity contribution in [2.24, 2.45) is 5.41 Å². The van der Waals surface area contributed by atoms with Gasteiger partial charge in [0.1, 0.15) is 103 Å². The number of hydrogen-bond donors (Lipinski definition) is 16. The van der Waals surface area contributed by atoms with Crippen LogP contribution >= 0.6 is 39.1 Å². The first-order chi connectivity index (χ1) is 57.5. The number of ether oxygens (including phenoxy) is 11. The smallest absolute Gasteiger partial charge is 0.394 e. The first-order valence-electron chi connectivity index (χ1n) is 39.7. The third-order valence-corrected chi connectivity index (χ3v) is 24.3. The van der Waals surface area contributed by atoms with Crippen LogP contribution < -0.4 is 21.7 Å². The fourth-order valence-electron chi connectivity index (χ4n) is 13.0. The molecule has 5 fully saturated rings. The molecule has 2 aromatic heterocycles. The van der Waals surface area contributed by atoms with E-state index in [1.165, 1.54) is 38.0 Å². The van der Waals surface area contributed by atoms with Crippen molar-refractivity contribution in [3.63, 3.8) is 0 Å². The number of aromatic nitrogens is 4. The molecule has 5 aliphatic rings. The number of unbranched alkanes of at least 4 members (excludes halogenated alkanes) is 9. The van der Waals surface area contributed by atoms with E-state index < -0.39 is 220 Å². The summed E-state index contributed by atoms with van der Waals surface area (Å²) in [6.45, 7) is -2.35. The maximum Gasteiger partial charge on any atom is 0.472 e. The van der Waals surface area contributed by atoms with Crippen molar-refractivity contribution in [2.75, 3.05) is 145 Å². The number of imidazole rings is 1. The van der Waals surface area contributed by atoms with Gasteiger partial charge in [0.2, 0.25) is 17.7 Å². The zero-order valence-corrected chi connectivity index (χ0v) is 72.3. The van der Waals surface area contributed by atoms with E-state index in [1.807, 2.05) is 0 Å². The number of carbonyl (C=O) groups excluding carboxylic acids is 3. The lowest BCUT2D eigenvalue weighted by Crippen LogP contribution is -2.69. The number of nitrogens with one attached hydrogen (secondary N) is 3. The summed E-state index contributed by atoms with van der Waals surface area (Å²) in [5.41, 5.74) is 4.74. The maximum absolute atomic E-state index is 14.1. The molecule has 0 aromatic carbocycles. The molecule has 7 rings (SSSR count). The summed E-state index contributed by atoms with van der Waals surface area (Å²) in [6.07, 6.45) is -9.70. The van der Waals surface area contributed by atoms with Gasteiger partial charge >= 0.3 is 39.1 Å². The van der Waals surface area contributed by atoms with Gasteiger partial charge in [-0.05, 0) is 57.8 Å². The molecular weight excluding hydrogens is 1730 g/mol. The van der Waals surface area contributed by atoms with Crippen LogP contribution in [0, 0.1) is 5.41 Å². The standard InChI is InChI=1S/C67H121N8O41P5/c1-43(78)72-52-58(83)56(81)47(33-76)113-64(52)100-23-11-5-8-14-26-104-118(88,89)107-29-17-20-97-37-67(40-111-121(94,95)110-36-49-46(116-117(86,87)96-4)32-51(112-49)75-42-71-55-62(68)69-41-70-63(55)75,38-98-21-18-30-108-119(90,91)105-27-15-9-6-12-24-101-65-53(73-44(2)79)59(84)57(82)48(34-77)114-65)39-99-22-19-31-109-120(92,93)106-28-16-10-7-13-25-102-66-54(74-45(3)80)60(85)61-50(115-66)35-103-61/h41-42,46-54,56-61,64-66,76-77,81-85H,5-40H2,1-4H3,(H,72,78)(H,73,79)(H,74,80)(H,86,87)(H,88,89)(H,90,91)(H,92,93)(H,94,95)(H2,68,69,70)/t46?,47?,48?,49-,50?,51-,52+,53+,54+,56+,57+,58?,59?,60?,61+,64-,65-,66-,67?/m1/s1. The van der Waals surface area contributed by atoms with Crippen LogP contribution in [0.2, 0.25) is 0 Å². The highest BCUT2D eigenvalue weighted by Crippen LogP contribution is 2.51. The second-order valence-corrected chi connectivity index (χ2v) is 36.5. The number of anilines is 1. The predicted octanol–water partition coefficient (Wildman–Crippen LogP) is 0.177. The number of aliphatic hydroxyl groups is 7. The van der Waals surface area contributed by atoms with Crippen LogP contribution in [-0.2, 0) is 135 Å². The second kappa shape index (κ2) is 52.3. The highest BCUT2D eigenvalue weighted by Gasteiger charge is 2.53. The number of phosphoric acid groups is 5. The van der Waals surface area contributed by atoms with Gasteiger partial charge in [0, 0.05) is 73.9 Å². The zero-order valence-electron chi connectivity index (χ0n) is 67.8. The maximum atomic E-state index is 14.1. The summed E-state index contributed by atoms with van der Waals surface area (Å²) < 4.78 is 184. The minimum Gasteiger partial charge on any atom is -0.394 e. The molecule has 7 heterocycles. The summed E-state index contributed by atoms with van der Waals surface area (Å²) in [4.78, 5) is 101. The lowest BCUT2D eigenvalue weighted by molar-refractivity contribution is -0.327. The number of nitrogens with two attached hydrogens (primary N) is 1. The third-order valence-electron chi connectivity index (χ3n) is 19.3. The zero-order chi connectivity index (χ0) is 88.4. The Morgan fingerprint density at radius 2 is 0.876 bits per heavy atom. The Balaban J connectivity index is 0.938. The summed E-state index contributed by atoms with van der Waals surface area (Å²) in [5, 5.41) is 79.2. The molecule has 121 heavy (non-hydrogen) atoms. The summed E-state index contributed by atoms with van der Waals surface area (Å²) in [6, 6.07) is -3.09. The fourth-order valence-corrected chi connectivity index (χ4v) is 16.9. The van der Waals surface area contributed by atoms with Crippen molar-refractivity contribution in [1.29, 1.82) is 0 Å². The van der Waals surface area contributed by atoms with E-state index in [2.05, 4.69) is 35.4 Å². The van der Waals surface area contributed by atoms with E-state index in [1.54, 1.807) is 0 Å². The SMILES string of the molecule is COP(=O)(O)OC1C[C@H](n2cnc3c(N)ncnc32)O[C@@H]1COP(=O)(O)OCC(COCCCOP(=O)(O)OCCCCCCO[C@@H]1OC(CO)[C@H](O)C(O)[C@@H]1NC(C)=O)(COCCCOP(=O)(O)OCCCCCCO[C@@H]1OC(CO)[C@H](O)C(O)[C@@H]1NC(C)=O)COCCCOP(=O)(O)OCCCCCCO[C@@H]1OC2CO[C@@H]2C(O)[C@@H]1NC(C)=O. The largest absolute Gasteiger partial charge is 0.472 e. The summed E-state index contributed by atoms with van der Waals surface area (Å²) in [7, 11) is -23.1. The van der Waals surface area contributed by atoms with Gasteiger partial charge < -0.3 is 134 Å². The van der Waals surface area contributed by atoms with E-state index in [0.717, 1.165) is 7.11 Å². The molecule has 3 amide bonds. The highest BCUT2D eigenvalue weighted by atomic mass is 31.2. The molecule has 2 aromatic rings. The van der Waals surface area contributed by atoms with Gasteiger partial charge in [-0.3, -0.25) is 64.2 Å². The van der Waals surface area contributed by atoms with Crippen LogP contribution in [0.5, 0.6) is 0 Å². The molecule has 49 nitrogen and oxygen atoms in total. The molecule has 5 saturated heterocycles. The number of fused-ring (bicyclic) bond motifs is 2. The number of phosphoric ester groups is 5. The fraction of sp³-hybridized carbons (Fsp3) is 0.881. The number of nitrogens with zero attached hydrogens (tertiary/aromatic N) is 4. The van der Waals surface area contributed by atoms with Crippen LogP contribution in [-0.4, -0.2) is 341 Å². The first-order valence-corrected chi connectivity index (χ1v) is 47.2. The Kier molecular flexibility index (Phi) is 45.2. The molecule has 0 bridgehead atoms. The van der Waals surface area contributed by atoms with E-state index in [4.69, 9.17) is 98.6 Å². The Bertz CT molecular complexity index is 3550. The minimum atomic E-state index is -5.29. The van der Waals surface area contributed by atoms with E-state index >= 15 is 0 Å². The molecule has 17 N–H and O–H groups in total. The molecule has 54 heteroatoms. The van der Waals surface area contributed by atoms with Crippen molar-refractivity contribution >= 4 is 73.8 Å². The van der Waals surface area contributed by atoms with Crippen LogP contribution in [0.15, 0.2) is 12.7 Å². The van der Waals surface area contributed by atoms with Gasteiger partial charge in [-0.25, -0.2) is 37.8 Å². The average Bonchev–Trinajstić information content (AvgIpc) is 1.73. The predicted molar refractivity (Wildman–Crippen MR) is 412 cm³/mol. The van der Waals surface area contributed by atoms with Crippen molar-refractivity contribution in [3.8, 4) is 0 Å². The molecular formula is C67H121N8O41P5. The summed E-state index contributed by atoms with van der Waals surface area (Å²) >= 11 is 0. The number of aliphatic hydroxyl groups excluding tert-OH is 7. The number of hydrogen-bond acceptors (Lipinski definition) is 40. The Labute approximate surface area is 698 Å². The van der Waals surface area contributed by atoms with Gasteiger partial charge in [-0.15, -0.1) is 0 Å². The highest BCUT2D eigenvalue weighted by molar-refractivity contribution is 7.48. The summed E-state index contributed by atoms with van der Waals surface area (Å²) in [5.74, 6) is -1.39. The van der Waals surface area contributed by atoms with E-state index in [9.17, 15) is 97.4 Å². The van der Waals surface area contributed by atoms with Crippen molar-refractivity contribution in [3.05, 3.63) is 12.7 Å². The van der Waals surface area contributed by atoms with Gasteiger partial charge in [0.15, 0.2) is 30.3 Å². The molecule has 0 spiro atoms. The quantitative estimate of drug-likeness (QED) is 0.0310. The van der Waals surface area contributed by atoms with E-state index in [0.29, 0.717) is 77.0 Å². The van der Waals surface area contributed by atoms with Gasteiger partial charge in [-0.2, -0.15) is 0 Å². The van der Waals surface area contributed by atoms with Crippen LogP contribution in [0.25, 0.3) is 11.2 Å². The van der Waals surface area contributed by atoms with Gasteiger partial charge in [0.05, 0.1) is 104 Å². The number of nitrogen functional groups attached to an aromatic ring is 1. The minimum absolute atomic E-state index is 0.0275. The second-order valence-electron chi connectivity index (χ2n) is 29.2. The normalized spacial score (nSPS) is 29.3. The lowest BCUT2D eigenvalue weighted by Gasteiger charge is -2.49. The molecule has 0 aliphatic carbocycles. The van der Waals surface area contributed by atoms with Gasteiger partial charge in [0.25, 0.3) is 0 Å². The van der Waals surface area contributed by atoms with Crippen molar-refractivity contribution in [1.82, 2.24) is 35.5 Å². The molecule has 0 saturated carbocycles. The third kappa shape index (κ3) is 35.9. The van der Waals surface area contributed by atoms with E-state index in [-0.39, 0.29) is 127 Å². The average molecular weight is 1850 g/mol. The monoisotopic (exact) mass is 1850 g/mol. The molecule has 23 atom stereocenters. The van der Waals surface area contributed by atoms with Crippen molar-refractivity contribution in [2.45, 2.75) is 234 Å². The molecule has 12 unspecified atom stereocenters. The van der Waals surface area contributed by atoms with Crippen molar-refractivity contribution < 1.29 is 195 Å². The Morgan fingerprint density at radius 1 is 0.479 bits per heavy atom. The topological polar surface area (TPSA) is 679 Å². The van der Waals surface area contributed by atoms with Crippen LogP contribution in [0.4, 0.5) is 5.82 Å². The Hall–Kier alpha value is -3.41. The van der Waals surface area contributed by atoms with Crippen LogP contribution in [0.1, 0.15) is 130 Å². The Morgan fingerprint density at radius 3 is 1.27 bits per heavy atom.